The molecule has 2 atom stereocenters. The van der Waals surface area contributed by atoms with Gasteiger partial charge in [-0.2, -0.15) is 0 Å². The maximum absolute atomic E-state index is 11.5. The zero-order valence-electron chi connectivity index (χ0n) is 8.05. The normalized spacial score (nSPS) is 32.8. The second-order valence-electron chi connectivity index (χ2n) is 3.88. The van der Waals surface area contributed by atoms with Crippen LogP contribution >= 0.6 is 0 Å². The summed E-state index contributed by atoms with van der Waals surface area (Å²) in [6.07, 6.45) is 2.42. The summed E-state index contributed by atoms with van der Waals surface area (Å²) in [4.78, 5) is 13.5. The van der Waals surface area contributed by atoms with Crippen LogP contribution in [-0.4, -0.2) is 43.7 Å². The smallest absolute Gasteiger partial charge is 0.317 e. The Bertz CT molecular complexity index is 207. The molecule has 4 heteroatoms. The van der Waals surface area contributed by atoms with E-state index in [4.69, 9.17) is 0 Å². The standard InChI is InChI=1S/C9H17N3O/c1-10-9(13)12-4-2-3-7-5-11-6-8(7)12/h7-8,11H,2-6H2,1H3,(H,10,13). The topological polar surface area (TPSA) is 44.4 Å². The van der Waals surface area contributed by atoms with Crippen molar-refractivity contribution in [1.29, 1.82) is 0 Å². The van der Waals surface area contributed by atoms with Gasteiger partial charge in [-0.15, -0.1) is 0 Å². The van der Waals surface area contributed by atoms with Crippen LogP contribution in [0, 0.1) is 5.92 Å². The molecule has 4 nitrogen and oxygen atoms in total. The molecule has 0 saturated carbocycles. The van der Waals surface area contributed by atoms with Gasteiger partial charge in [0.15, 0.2) is 0 Å². The molecule has 2 aliphatic heterocycles. The predicted octanol–water partition coefficient (Wildman–Crippen LogP) is 0.00960. The van der Waals surface area contributed by atoms with E-state index in [2.05, 4.69) is 10.6 Å². The SMILES string of the molecule is CNC(=O)N1CCCC2CNCC21. The minimum Gasteiger partial charge on any atom is -0.341 e. The molecule has 2 amide bonds. The summed E-state index contributed by atoms with van der Waals surface area (Å²) in [5.41, 5.74) is 0. The zero-order valence-corrected chi connectivity index (χ0v) is 8.05. The number of nitrogens with one attached hydrogen (secondary N) is 2. The van der Waals surface area contributed by atoms with Crippen LogP contribution < -0.4 is 10.6 Å². The Labute approximate surface area is 78.7 Å². The number of likely N-dealkylation sites (tertiary alicyclic amines) is 1. The molecule has 2 aliphatic rings. The number of carbonyl (C=O) groups excluding carboxylic acids is 1. The number of rotatable bonds is 0. The van der Waals surface area contributed by atoms with E-state index in [-0.39, 0.29) is 6.03 Å². The third-order valence-corrected chi connectivity index (χ3v) is 3.15. The number of urea groups is 1. The van der Waals surface area contributed by atoms with E-state index in [0.717, 1.165) is 26.1 Å². The molecular formula is C9H17N3O. The molecule has 0 spiro atoms. The van der Waals surface area contributed by atoms with Crippen LogP contribution in [0.15, 0.2) is 0 Å². The molecule has 0 aliphatic carbocycles. The van der Waals surface area contributed by atoms with Crippen LogP contribution in [0.4, 0.5) is 4.79 Å². The van der Waals surface area contributed by atoms with Crippen molar-refractivity contribution in [1.82, 2.24) is 15.5 Å². The highest BCUT2D eigenvalue weighted by Crippen LogP contribution is 2.25. The molecular weight excluding hydrogens is 166 g/mol. The highest BCUT2D eigenvalue weighted by molar-refractivity contribution is 5.74. The van der Waals surface area contributed by atoms with Crippen molar-refractivity contribution in [2.45, 2.75) is 18.9 Å². The first kappa shape index (κ1) is 8.81. The second kappa shape index (κ2) is 3.54. The molecule has 2 saturated heterocycles. The largest absolute Gasteiger partial charge is 0.341 e. The number of amides is 2. The van der Waals surface area contributed by atoms with Crippen molar-refractivity contribution in [2.24, 2.45) is 5.92 Å². The van der Waals surface area contributed by atoms with Gasteiger partial charge in [0.05, 0.1) is 0 Å². The molecule has 2 fully saturated rings. The number of hydrogen-bond donors (Lipinski definition) is 2. The van der Waals surface area contributed by atoms with E-state index < -0.39 is 0 Å². The summed E-state index contributed by atoms with van der Waals surface area (Å²) in [6, 6.07) is 0.520. The van der Waals surface area contributed by atoms with E-state index in [1.54, 1.807) is 7.05 Å². The third kappa shape index (κ3) is 1.50. The fourth-order valence-corrected chi connectivity index (χ4v) is 2.46. The van der Waals surface area contributed by atoms with E-state index >= 15 is 0 Å². The summed E-state index contributed by atoms with van der Waals surface area (Å²) >= 11 is 0. The van der Waals surface area contributed by atoms with Crippen LogP contribution in [0.3, 0.4) is 0 Å². The maximum atomic E-state index is 11.5. The van der Waals surface area contributed by atoms with Crippen LogP contribution in [0.25, 0.3) is 0 Å². The highest BCUT2D eigenvalue weighted by atomic mass is 16.2. The number of nitrogens with zero attached hydrogens (tertiary/aromatic N) is 1. The average molecular weight is 183 g/mol. The molecule has 2 unspecified atom stereocenters. The van der Waals surface area contributed by atoms with Gasteiger partial charge in [0.25, 0.3) is 0 Å². The van der Waals surface area contributed by atoms with Crippen molar-refractivity contribution in [3.05, 3.63) is 0 Å². The van der Waals surface area contributed by atoms with Crippen molar-refractivity contribution < 1.29 is 4.79 Å². The fraction of sp³-hybridized carbons (Fsp3) is 0.889. The summed E-state index contributed by atoms with van der Waals surface area (Å²) in [5.74, 6) is 0.686. The number of piperidine rings is 1. The first-order chi connectivity index (χ1) is 6.33. The van der Waals surface area contributed by atoms with Crippen molar-refractivity contribution in [2.75, 3.05) is 26.7 Å². The summed E-state index contributed by atoms with van der Waals surface area (Å²) in [5, 5.41) is 6.06. The van der Waals surface area contributed by atoms with E-state index in [0.29, 0.717) is 12.0 Å². The second-order valence-corrected chi connectivity index (χ2v) is 3.88. The first-order valence-corrected chi connectivity index (χ1v) is 5.02. The number of fused-ring (bicyclic) bond motifs is 1. The molecule has 2 N–H and O–H groups in total. The lowest BCUT2D eigenvalue weighted by Crippen LogP contribution is -2.51. The molecule has 0 radical (unpaired) electrons. The minimum absolute atomic E-state index is 0.0819. The van der Waals surface area contributed by atoms with E-state index in [1.807, 2.05) is 4.90 Å². The quantitative estimate of drug-likeness (QED) is 0.555. The van der Waals surface area contributed by atoms with E-state index in [9.17, 15) is 4.79 Å². The Hall–Kier alpha value is -0.770. The molecule has 2 rings (SSSR count). The number of hydrogen-bond acceptors (Lipinski definition) is 2. The van der Waals surface area contributed by atoms with Gasteiger partial charge in [-0.1, -0.05) is 0 Å². The van der Waals surface area contributed by atoms with Gasteiger partial charge >= 0.3 is 6.03 Å². The van der Waals surface area contributed by atoms with Gasteiger partial charge in [0.2, 0.25) is 0 Å². The zero-order chi connectivity index (χ0) is 9.26. The summed E-state index contributed by atoms with van der Waals surface area (Å²) in [7, 11) is 1.70. The van der Waals surface area contributed by atoms with Crippen molar-refractivity contribution >= 4 is 6.03 Å². The first-order valence-electron chi connectivity index (χ1n) is 5.02. The Kier molecular flexibility index (Phi) is 2.40. The van der Waals surface area contributed by atoms with Crippen molar-refractivity contribution in [3.63, 3.8) is 0 Å². The Morgan fingerprint density at radius 1 is 1.54 bits per heavy atom. The molecule has 0 aromatic heterocycles. The molecule has 0 bridgehead atoms. The van der Waals surface area contributed by atoms with Crippen LogP contribution in [-0.2, 0) is 0 Å². The Balaban J connectivity index is 2.05. The van der Waals surface area contributed by atoms with Gasteiger partial charge < -0.3 is 15.5 Å². The lowest BCUT2D eigenvalue weighted by Gasteiger charge is -2.36. The summed E-state index contributed by atoms with van der Waals surface area (Å²) < 4.78 is 0. The average Bonchev–Trinajstić information content (AvgIpc) is 2.63. The van der Waals surface area contributed by atoms with Gasteiger partial charge in [0, 0.05) is 32.7 Å². The molecule has 0 aromatic carbocycles. The Morgan fingerprint density at radius 3 is 3.15 bits per heavy atom. The van der Waals surface area contributed by atoms with E-state index in [1.165, 1.54) is 6.42 Å². The molecule has 13 heavy (non-hydrogen) atoms. The Morgan fingerprint density at radius 2 is 2.38 bits per heavy atom. The third-order valence-electron chi connectivity index (χ3n) is 3.15. The molecule has 0 aromatic rings. The predicted molar refractivity (Wildman–Crippen MR) is 50.5 cm³/mol. The van der Waals surface area contributed by atoms with Gasteiger partial charge in [-0.05, 0) is 18.8 Å². The van der Waals surface area contributed by atoms with Crippen molar-refractivity contribution in [3.8, 4) is 0 Å². The summed E-state index contributed by atoms with van der Waals surface area (Å²) in [6.45, 7) is 2.97. The highest BCUT2D eigenvalue weighted by Gasteiger charge is 2.36. The monoisotopic (exact) mass is 183 g/mol. The maximum Gasteiger partial charge on any atom is 0.317 e. The number of carbonyl (C=O) groups is 1. The van der Waals surface area contributed by atoms with Gasteiger partial charge in [-0.3, -0.25) is 0 Å². The van der Waals surface area contributed by atoms with Crippen LogP contribution in [0.1, 0.15) is 12.8 Å². The fourth-order valence-electron chi connectivity index (χ4n) is 2.46. The lowest BCUT2D eigenvalue weighted by atomic mass is 9.92. The van der Waals surface area contributed by atoms with Gasteiger partial charge in [0.1, 0.15) is 0 Å². The molecule has 2 heterocycles. The lowest BCUT2D eigenvalue weighted by molar-refractivity contribution is 0.138. The van der Waals surface area contributed by atoms with Crippen LogP contribution in [0.5, 0.6) is 0 Å². The van der Waals surface area contributed by atoms with Gasteiger partial charge in [-0.25, -0.2) is 4.79 Å². The van der Waals surface area contributed by atoms with Crippen LogP contribution in [0.2, 0.25) is 0 Å². The molecule has 74 valence electrons. The minimum atomic E-state index is 0.0819.